The highest BCUT2D eigenvalue weighted by atomic mass is 19.4. The van der Waals surface area contributed by atoms with Crippen LogP contribution in [0, 0.1) is 34.3 Å². The van der Waals surface area contributed by atoms with Gasteiger partial charge in [0.15, 0.2) is 0 Å². The number of alkyl carbamates (subject to hydrolysis) is 1. The van der Waals surface area contributed by atoms with Gasteiger partial charge in [0.25, 0.3) is 5.91 Å². The molecule has 8 heterocycles. The van der Waals surface area contributed by atoms with Crippen molar-refractivity contribution in [2.45, 2.75) is 139 Å². The number of rotatable bonds is 20. The van der Waals surface area contributed by atoms with Crippen molar-refractivity contribution in [1.29, 1.82) is 0 Å². The number of methoxy groups -OCH3 is 1. The Balaban J connectivity index is 0.905. The van der Waals surface area contributed by atoms with Gasteiger partial charge in [-0.15, -0.1) is 0 Å². The number of hydrazine groups is 1. The minimum atomic E-state index is -5.26. The third-order valence-corrected chi connectivity index (χ3v) is 18.2. The molecule has 10 rings (SSSR count). The lowest BCUT2D eigenvalue weighted by Gasteiger charge is -2.47. The van der Waals surface area contributed by atoms with Crippen LogP contribution in [0.5, 0.6) is 0 Å². The number of halogens is 8. The maximum atomic E-state index is 16.5. The molecular weight excluding hydrogens is 1200 g/mol. The molecule has 0 saturated carbocycles. The second-order valence-corrected chi connectivity index (χ2v) is 24.9. The summed E-state index contributed by atoms with van der Waals surface area (Å²) in [4.78, 5) is 80.2. The Morgan fingerprint density at radius 2 is 1.11 bits per heavy atom. The first-order valence-corrected chi connectivity index (χ1v) is 29.5. The number of nitrogens with zero attached hydrogens (tertiary/aromatic N) is 9. The number of carboxylic acid groups (broad SMARTS) is 1. The minimum Gasteiger partial charge on any atom is -0.465 e. The molecule has 2 aromatic heterocycles. The molecule has 6 saturated heterocycles. The number of nitrogens with one attached hydrogen (secondary N) is 4. The number of hydrogen-bond acceptors (Lipinski definition) is 17. The Labute approximate surface area is 513 Å². The molecule has 2 aromatic carbocycles. The fourth-order valence-corrected chi connectivity index (χ4v) is 12.6. The van der Waals surface area contributed by atoms with E-state index in [9.17, 15) is 55.7 Å². The molecule has 22 nitrogen and oxygen atoms in total. The van der Waals surface area contributed by atoms with Gasteiger partial charge >= 0.3 is 24.5 Å². The number of ether oxygens (including phenoxy) is 3. The van der Waals surface area contributed by atoms with E-state index in [2.05, 4.69) is 62.0 Å². The summed E-state index contributed by atoms with van der Waals surface area (Å²) in [7, 11) is 0.839. The van der Waals surface area contributed by atoms with E-state index in [4.69, 9.17) is 9.47 Å². The van der Waals surface area contributed by atoms with Gasteiger partial charge in [0, 0.05) is 105 Å². The number of fused-ring (bicyclic) bond motifs is 4. The van der Waals surface area contributed by atoms with E-state index in [1.807, 2.05) is 10.2 Å². The zero-order valence-electron chi connectivity index (χ0n) is 50.0. The lowest BCUT2D eigenvalue weighted by Crippen LogP contribution is -2.63. The Kier molecular flexibility index (Phi) is 19.1. The van der Waals surface area contributed by atoms with Crippen molar-refractivity contribution in [2.24, 2.45) is 10.8 Å². The van der Waals surface area contributed by atoms with Crippen molar-refractivity contribution in [2.75, 3.05) is 76.1 Å². The summed E-state index contributed by atoms with van der Waals surface area (Å²) in [5.41, 5.74) is -3.59. The number of aliphatic hydroxyl groups excluding tert-OH is 1. The first-order valence-electron chi connectivity index (χ1n) is 29.5. The number of benzene rings is 2. The molecule has 30 heteroatoms. The lowest BCUT2D eigenvalue weighted by molar-refractivity contribution is -0.221. The van der Waals surface area contributed by atoms with Gasteiger partial charge in [-0.2, -0.15) is 26.3 Å². The average Bonchev–Trinajstić information content (AvgIpc) is 1.30. The topological polar surface area (TPSA) is 252 Å². The number of carbonyl (C=O) groups excluding carboxylic acids is 3. The minimum absolute atomic E-state index is 0.0465. The number of aliphatic hydroxyl groups is 1. The van der Waals surface area contributed by atoms with Crippen LogP contribution in [0.15, 0.2) is 61.2 Å². The first-order chi connectivity index (χ1) is 42.6. The number of alkyl halides is 6. The van der Waals surface area contributed by atoms with Gasteiger partial charge in [-0.1, -0.05) is 24.0 Å². The standard InChI is InChI=1S/C60H71F8N13O9/c1-57(2,59(63,64)65)49(75-56(87)88-5)51(83)73-47(16-34-9-6-33(7-10-34)8-11-35-19-69-53(70-20-35)77-23-38-12-13-39(24-77)80(38)42-29-89-30-42)48(82)28-79(76-52(84)50(74-55(85)86)58(3,4)60(66,67)68)27-44-45(61)17-36(18-46(44)62)37-21-71-54(72-22-37)78-25-40-14-15-41(26-78)81(40)43-31-90-32-43/h6-7,9-10,17-22,38-43,47-50,74,82H,12-16,23-32H2,1-5H3,(H,73,83)(H,75,87)(H,76,84)(H,85,86). The van der Waals surface area contributed by atoms with E-state index in [-0.39, 0.29) is 28.8 Å². The van der Waals surface area contributed by atoms with Crippen molar-refractivity contribution in [3.63, 3.8) is 0 Å². The smallest absolute Gasteiger partial charge is 0.407 e. The maximum absolute atomic E-state index is 16.5. The number of hydrogen-bond donors (Lipinski definition) is 6. The van der Waals surface area contributed by atoms with Gasteiger partial charge in [-0.25, -0.2) is 43.3 Å². The predicted molar refractivity (Wildman–Crippen MR) is 307 cm³/mol. The number of amides is 4. The van der Waals surface area contributed by atoms with Gasteiger partial charge in [0.1, 0.15) is 23.7 Å². The molecule has 4 aromatic rings. The van der Waals surface area contributed by atoms with E-state index in [0.717, 1.165) is 71.2 Å². The van der Waals surface area contributed by atoms with Crippen LogP contribution < -0.4 is 31.2 Å². The highest BCUT2D eigenvalue weighted by molar-refractivity contribution is 5.87. The Bertz CT molecular complexity index is 3260. The molecular formula is C60H71F8N13O9. The van der Waals surface area contributed by atoms with Crippen molar-refractivity contribution in [3.8, 4) is 23.0 Å². The molecule has 0 spiro atoms. The summed E-state index contributed by atoms with van der Waals surface area (Å²) in [5, 5.41) is 28.2. The van der Waals surface area contributed by atoms with Gasteiger partial charge in [-0.3, -0.25) is 24.8 Å². The monoisotopic (exact) mass is 1270 g/mol. The molecule has 6 aliphatic heterocycles. The first kappa shape index (κ1) is 65.4. The van der Waals surface area contributed by atoms with Crippen LogP contribution in [0.1, 0.15) is 75.6 Å². The summed E-state index contributed by atoms with van der Waals surface area (Å²) >= 11 is 0. The molecule has 6 N–H and O–H groups in total. The lowest BCUT2D eigenvalue weighted by atomic mass is 9.82. The Morgan fingerprint density at radius 3 is 1.54 bits per heavy atom. The van der Waals surface area contributed by atoms with Crippen LogP contribution >= 0.6 is 0 Å². The fraction of sp³-hybridized carbons (Fsp3) is 0.567. The van der Waals surface area contributed by atoms with Crippen molar-refractivity contribution in [1.82, 2.24) is 56.1 Å². The average molecular weight is 1270 g/mol. The van der Waals surface area contributed by atoms with Crippen LogP contribution in [-0.4, -0.2) is 208 Å². The third kappa shape index (κ3) is 14.1. The Hall–Kier alpha value is -7.56. The molecule has 0 aliphatic carbocycles. The van der Waals surface area contributed by atoms with E-state index in [1.54, 1.807) is 29.8 Å². The third-order valence-electron chi connectivity index (χ3n) is 18.2. The van der Waals surface area contributed by atoms with E-state index >= 15 is 8.78 Å². The second-order valence-electron chi connectivity index (χ2n) is 24.9. The summed E-state index contributed by atoms with van der Waals surface area (Å²) < 4.78 is 136. The number of aromatic nitrogens is 4. The van der Waals surface area contributed by atoms with Crippen LogP contribution in [-0.2, 0) is 36.8 Å². The molecule has 4 bridgehead atoms. The molecule has 8 atom stereocenters. The summed E-state index contributed by atoms with van der Waals surface area (Å²) in [6, 6.07) is 3.18. The predicted octanol–water partition coefficient (Wildman–Crippen LogP) is 5.17. The van der Waals surface area contributed by atoms with Gasteiger partial charge in [-0.05, 0) is 95.2 Å². The largest absolute Gasteiger partial charge is 0.465 e. The molecule has 8 unspecified atom stereocenters. The highest BCUT2D eigenvalue weighted by Gasteiger charge is 2.58. The quantitative estimate of drug-likeness (QED) is 0.0379. The zero-order chi connectivity index (χ0) is 64.6. The van der Waals surface area contributed by atoms with Crippen LogP contribution in [0.25, 0.3) is 11.1 Å². The number of piperazine rings is 2. The molecule has 486 valence electrons. The Morgan fingerprint density at radius 1 is 0.656 bits per heavy atom. The molecule has 0 radical (unpaired) electrons. The summed E-state index contributed by atoms with van der Waals surface area (Å²) in [6.07, 6.45) is -6.38. The van der Waals surface area contributed by atoms with Crippen LogP contribution in [0.4, 0.5) is 56.6 Å². The molecule has 90 heavy (non-hydrogen) atoms. The number of anilines is 2. The van der Waals surface area contributed by atoms with E-state index < -0.39 is 108 Å². The molecule has 6 fully saturated rings. The van der Waals surface area contributed by atoms with Gasteiger partial charge < -0.3 is 50.2 Å². The van der Waals surface area contributed by atoms with Gasteiger partial charge in [0.05, 0.1) is 74.2 Å². The fourth-order valence-electron chi connectivity index (χ4n) is 12.6. The van der Waals surface area contributed by atoms with Crippen molar-refractivity contribution >= 4 is 35.9 Å². The normalized spacial score (nSPS) is 22.1. The van der Waals surface area contributed by atoms with E-state index in [1.165, 1.54) is 24.5 Å². The van der Waals surface area contributed by atoms with Crippen LogP contribution in [0.3, 0.4) is 0 Å². The van der Waals surface area contributed by atoms with Crippen molar-refractivity contribution in [3.05, 3.63) is 95.1 Å². The van der Waals surface area contributed by atoms with Crippen LogP contribution in [0.2, 0.25) is 0 Å². The molecule has 6 aliphatic rings. The second kappa shape index (κ2) is 26.3. The number of carbonyl (C=O) groups is 4. The van der Waals surface area contributed by atoms with Gasteiger partial charge in [0.2, 0.25) is 17.8 Å². The maximum Gasteiger partial charge on any atom is 0.407 e. The highest BCUT2D eigenvalue weighted by Crippen LogP contribution is 2.43. The zero-order valence-corrected chi connectivity index (χ0v) is 50.0. The molecule has 4 amide bonds. The summed E-state index contributed by atoms with van der Waals surface area (Å²) in [5.74, 6) is 1.20. The van der Waals surface area contributed by atoms with Crippen molar-refractivity contribution < 1.29 is 78.7 Å². The summed E-state index contributed by atoms with van der Waals surface area (Å²) in [6.45, 7) is 5.83. The SMILES string of the molecule is COC(=O)NC(C(=O)NC(Cc1ccc(C#Cc2cnc(N3CC4CCC(C3)N4C3COC3)nc2)cc1)C(O)CN(Cc1c(F)cc(-c2cnc(N3CC4CCC(C3)N4C3COC3)nc2)cc1F)NC(=O)C(NC(=O)O)C(C)(C)C(F)(F)F)C(C)(C)C(F)(F)F. The van der Waals surface area contributed by atoms with E-state index in [0.29, 0.717) is 106 Å².